The van der Waals surface area contributed by atoms with E-state index >= 15 is 0 Å². The van der Waals surface area contributed by atoms with Gasteiger partial charge in [-0.3, -0.25) is 9.78 Å². The summed E-state index contributed by atoms with van der Waals surface area (Å²) in [5, 5.41) is 0.715. The van der Waals surface area contributed by atoms with Gasteiger partial charge in [-0.1, -0.05) is 12.6 Å². The summed E-state index contributed by atoms with van der Waals surface area (Å²) in [6.45, 7) is 5.25. The van der Waals surface area contributed by atoms with Crippen molar-refractivity contribution in [3.8, 4) is 0 Å². The molecule has 0 aliphatic rings. The SMILES string of the molecule is CSC(C)=NC(=O)c1nc(C)[c-]nc1C.[Y]. The molecule has 1 aromatic rings. The van der Waals surface area contributed by atoms with Gasteiger partial charge in [0.2, 0.25) is 0 Å². The summed E-state index contributed by atoms with van der Waals surface area (Å²) in [5.74, 6) is -0.344. The Kier molecular flexibility index (Phi) is 7.19. The van der Waals surface area contributed by atoms with Crippen LogP contribution in [0, 0.1) is 20.0 Å². The van der Waals surface area contributed by atoms with E-state index in [1.807, 2.05) is 6.26 Å². The average Bonchev–Trinajstić information content (AvgIpc) is 2.21. The fraction of sp³-hybridized carbons (Fsp3) is 0.400. The number of thioether (sulfide) groups is 1. The minimum Gasteiger partial charge on any atom is -0.452 e. The second-order valence-electron chi connectivity index (χ2n) is 2.99. The molecule has 1 aromatic heterocycles. The number of amides is 1. The van der Waals surface area contributed by atoms with E-state index in [1.54, 1.807) is 20.8 Å². The molecule has 0 aromatic carbocycles. The summed E-state index contributed by atoms with van der Waals surface area (Å²) >= 11 is 1.43. The average molecular weight is 311 g/mol. The molecule has 0 aliphatic carbocycles. The molecule has 0 saturated heterocycles. The number of nitrogens with zero attached hydrogens (tertiary/aromatic N) is 3. The zero-order valence-electron chi connectivity index (χ0n) is 9.74. The van der Waals surface area contributed by atoms with Gasteiger partial charge in [-0.05, 0) is 25.8 Å². The second-order valence-corrected chi connectivity index (χ2v) is 3.99. The predicted molar refractivity (Wildman–Crippen MR) is 61.3 cm³/mol. The first kappa shape index (κ1) is 15.9. The van der Waals surface area contributed by atoms with E-state index in [2.05, 4.69) is 21.2 Å². The van der Waals surface area contributed by atoms with Gasteiger partial charge in [0.05, 0.1) is 10.7 Å². The summed E-state index contributed by atoms with van der Waals surface area (Å²) < 4.78 is 0. The zero-order chi connectivity index (χ0) is 11.4. The van der Waals surface area contributed by atoms with E-state index in [4.69, 9.17) is 0 Å². The van der Waals surface area contributed by atoms with Crippen LogP contribution in [0.25, 0.3) is 0 Å². The molecule has 0 bridgehead atoms. The molecule has 0 unspecified atom stereocenters. The van der Waals surface area contributed by atoms with Crippen LogP contribution in [0.1, 0.15) is 28.8 Å². The number of hydrogen-bond acceptors (Lipinski definition) is 4. The minimum absolute atomic E-state index is 0. The predicted octanol–water partition coefficient (Wildman–Crippen LogP) is 1.81. The van der Waals surface area contributed by atoms with Crippen LogP contribution in [-0.2, 0) is 32.7 Å². The number of aryl methyl sites for hydroxylation is 2. The molecule has 83 valence electrons. The Morgan fingerprint density at radius 1 is 1.44 bits per heavy atom. The van der Waals surface area contributed by atoms with Gasteiger partial charge in [-0.2, -0.15) is 0 Å². The molecule has 16 heavy (non-hydrogen) atoms. The first-order chi connectivity index (χ1) is 7.04. The van der Waals surface area contributed by atoms with Crippen molar-refractivity contribution in [1.82, 2.24) is 9.97 Å². The summed E-state index contributed by atoms with van der Waals surface area (Å²) in [5.41, 5.74) is 1.46. The maximum absolute atomic E-state index is 11.7. The summed E-state index contributed by atoms with van der Waals surface area (Å²) in [6.07, 6.45) is 4.56. The van der Waals surface area contributed by atoms with Gasteiger partial charge in [0.1, 0.15) is 0 Å². The topological polar surface area (TPSA) is 55.2 Å². The maximum Gasteiger partial charge on any atom is 0.279 e. The standard InChI is InChI=1S/C10H12N3OS.Y/c1-6-5-11-7(2)9(12-6)10(14)13-8(3)15-4;/h1-4H3;/q-1;. The summed E-state index contributed by atoms with van der Waals surface area (Å²) in [6, 6.07) is 0. The molecule has 0 fully saturated rings. The first-order valence-corrected chi connectivity index (χ1v) is 5.63. The Hall–Kier alpha value is -0.126. The number of hydrogen-bond donors (Lipinski definition) is 0. The fourth-order valence-electron chi connectivity index (χ4n) is 0.935. The molecule has 1 amide bonds. The minimum atomic E-state index is -0.344. The third kappa shape index (κ3) is 4.39. The summed E-state index contributed by atoms with van der Waals surface area (Å²) in [7, 11) is 0. The van der Waals surface area contributed by atoms with Crippen LogP contribution in [0.3, 0.4) is 0 Å². The molecule has 1 rings (SSSR count). The van der Waals surface area contributed by atoms with Crippen LogP contribution in [-0.4, -0.2) is 27.2 Å². The number of aliphatic imine (C=N–C) groups is 1. The molecular weight excluding hydrogens is 299 g/mol. The first-order valence-electron chi connectivity index (χ1n) is 4.41. The Morgan fingerprint density at radius 2 is 2.06 bits per heavy atom. The van der Waals surface area contributed by atoms with E-state index in [9.17, 15) is 4.79 Å². The van der Waals surface area contributed by atoms with Crippen molar-refractivity contribution in [3.05, 3.63) is 23.3 Å². The van der Waals surface area contributed by atoms with Gasteiger partial charge in [-0.25, -0.2) is 4.99 Å². The van der Waals surface area contributed by atoms with E-state index in [0.717, 1.165) is 0 Å². The van der Waals surface area contributed by atoms with Crippen LogP contribution in [0.4, 0.5) is 0 Å². The third-order valence-electron chi connectivity index (χ3n) is 1.76. The van der Waals surface area contributed by atoms with E-state index in [-0.39, 0.29) is 38.6 Å². The Balaban J connectivity index is 0.00000225. The van der Waals surface area contributed by atoms with Crippen molar-refractivity contribution in [3.63, 3.8) is 0 Å². The van der Waals surface area contributed by atoms with Gasteiger partial charge in [0, 0.05) is 32.7 Å². The van der Waals surface area contributed by atoms with Crippen LogP contribution in [0.5, 0.6) is 0 Å². The van der Waals surface area contributed by atoms with Crippen LogP contribution >= 0.6 is 11.8 Å². The maximum atomic E-state index is 11.7. The van der Waals surface area contributed by atoms with Crippen molar-refractivity contribution < 1.29 is 37.5 Å². The zero-order valence-corrected chi connectivity index (χ0v) is 13.4. The van der Waals surface area contributed by atoms with E-state index in [0.29, 0.717) is 22.1 Å². The van der Waals surface area contributed by atoms with Crippen molar-refractivity contribution in [2.24, 2.45) is 4.99 Å². The van der Waals surface area contributed by atoms with Gasteiger partial charge in [0.25, 0.3) is 5.91 Å². The van der Waals surface area contributed by atoms with Crippen LogP contribution < -0.4 is 0 Å². The molecule has 0 aliphatic heterocycles. The smallest absolute Gasteiger partial charge is 0.279 e. The number of rotatable bonds is 1. The molecule has 1 radical (unpaired) electrons. The number of aromatic nitrogens is 2. The fourth-order valence-corrected chi connectivity index (χ4v) is 1.11. The number of carbonyl (C=O) groups excluding carboxylic acids is 1. The molecule has 4 nitrogen and oxygen atoms in total. The van der Waals surface area contributed by atoms with Gasteiger partial charge >= 0.3 is 0 Å². The Morgan fingerprint density at radius 3 is 2.62 bits per heavy atom. The second kappa shape index (κ2) is 7.25. The van der Waals surface area contributed by atoms with Crippen molar-refractivity contribution >= 4 is 22.7 Å². The number of carbonyl (C=O) groups is 1. The van der Waals surface area contributed by atoms with Crippen LogP contribution in [0.2, 0.25) is 0 Å². The third-order valence-corrected chi connectivity index (χ3v) is 2.45. The normalized spacial score (nSPS) is 10.9. The van der Waals surface area contributed by atoms with Gasteiger partial charge < -0.3 is 4.98 Å². The van der Waals surface area contributed by atoms with Crippen molar-refractivity contribution in [2.75, 3.05) is 6.26 Å². The molecule has 0 saturated carbocycles. The molecule has 0 spiro atoms. The summed E-state index contributed by atoms with van der Waals surface area (Å²) in [4.78, 5) is 23.6. The Labute approximate surface area is 125 Å². The largest absolute Gasteiger partial charge is 0.452 e. The van der Waals surface area contributed by atoms with Gasteiger partial charge in [0.15, 0.2) is 0 Å². The molecule has 0 atom stereocenters. The van der Waals surface area contributed by atoms with Crippen LogP contribution in [0.15, 0.2) is 4.99 Å². The molecular formula is C10H12N3OSY-. The molecule has 0 N–H and O–H groups in total. The van der Waals surface area contributed by atoms with E-state index in [1.165, 1.54) is 11.8 Å². The monoisotopic (exact) mass is 311 g/mol. The molecule has 1 heterocycles. The van der Waals surface area contributed by atoms with Crippen molar-refractivity contribution in [1.29, 1.82) is 0 Å². The molecule has 6 heteroatoms. The Bertz CT molecular complexity index is 421. The van der Waals surface area contributed by atoms with Crippen molar-refractivity contribution in [2.45, 2.75) is 20.8 Å². The quantitative estimate of drug-likeness (QED) is 0.451. The van der Waals surface area contributed by atoms with Gasteiger partial charge in [-0.15, -0.1) is 18.0 Å². The van der Waals surface area contributed by atoms with E-state index < -0.39 is 0 Å².